The number of rotatable bonds is 6. The van der Waals surface area contributed by atoms with Crippen LogP contribution in [0, 0.1) is 10.1 Å². The van der Waals surface area contributed by atoms with E-state index in [1.807, 2.05) is 24.3 Å². The fourth-order valence-electron chi connectivity index (χ4n) is 2.72. The summed E-state index contributed by atoms with van der Waals surface area (Å²) in [7, 11) is 0. The average Bonchev–Trinajstić information content (AvgIpc) is 3.03. The van der Waals surface area contributed by atoms with E-state index >= 15 is 0 Å². The Hall–Kier alpha value is -3.33. The molecular formula is C19H17N3O5S. The Morgan fingerprint density at radius 3 is 2.64 bits per heavy atom. The molecule has 3 aromatic rings. The van der Waals surface area contributed by atoms with E-state index in [2.05, 4.69) is 4.99 Å². The number of thiazole rings is 1. The third-order valence-corrected chi connectivity index (χ3v) is 5.02. The van der Waals surface area contributed by atoms with Gasteiger partial charge in [-0.2, -0.15) is 4.99 Å². The van der Waals surface area contributed by atoms with E-state index in [-0.39, 0.29) is 30.2 Å². The van der Waals surface area contributed by atoms with Crippen molar-refractivity contribution in [1.82, 2.24) is 4.57 Å². The minimum atomic E-state index is -0.705. The molecule has 0 aliphatic carbocycles. The maximum atomic E-state index is 12.6. The fraction of sp³-hybridized carbons (Fsp3) is 0.211. The number of hydrogen-bond acceptors (Lipinski definition) is 6. The SMILES string of the molecule is CCOC(=O)CCn1c(=NC(=O)c2ccccc2[N+](=O)[O-])sc2ccccc21. The molecule has 0 fully saturated rings. The van der Waals surface area contributed by atoms with Gasteiger partial charge in [-0.1, -0.05) is 35.6 Å². The lowest BCUT2D eigenvalue weighted by Crippen LogP contribution is -2.19. The van der Waals surface area contributed by atoms with Crippen LogP contribution in [0.3, 0.4) is 0 Å². The van der Waals surface area contributed by atoms with Gasteiger partial charge in [-0.05, 0) is 25.1 Å². The van der Waals surface area contributed by atoms with Crippen LogP contribution in [0.25, 0.3) is 10.2 Å². The highest BCUT2D eigenvalue weighted by molar-refractivity contribution is 7.16. The van der Waals surface area contributed by atoms with Crippen LogP contribution in [0.2, 0.25) is 0 Å². The van der Waals surface area contributed by atoms with Crippen LogP contribution in [0.15, 0.2) is 53.5 Å². The topological polar surface area (TPSA) is 104 Å². The second kappa shape index (κ2) is 8.57. The third kappa shape index (κ3) is 4.15. The first kappa shape index (κ1) is 19.4. The van der Waals surface area contributed by atoms with Crippen LogP contribution >= 0.6 is 11.3 Å². The van der Waals surface area contributed by atoms with E-state index in [1.165, 1.54) is 29.5 Å². The standard InChI is InChI=1S/C19H17N3O5S/c1-2-27-17(23)11-12-21-15-9-5-6-10-16(15)28-19(21)20-18(24)13-7-3-4-8-14(13)22(25)26/h3-10H,2,11-12H2,1H3. The molecule has 2 aromatic carbocycles. The minimum Gasteiger partial charge on any atom is -0.466 e. The zero-order valence-electron chi connectivity index (χ0n) is 15.0. The van der Waals surface area contributed by atoms with Crippen molar-refractivity contribution in [1.29, 1.82) is 0 Å². The van der Waals surface area contributed by atoms with Crippen LogP contribution in [0.4, 0.5) is 5.69 Å². The van der Waals surface area contributed by atoms with Crippen molar-refractivity contribution in [2.24, 2.45) is 4.99 Å². The van der Waals surface area contributed by atoms with Gasteiger partial charge in [-0.3, -0.25) is 19.7 Å². The second-order valence-corrected chi connectivity index (χ2v) is 6.76. The predicted molar refractivity (Wildman–Crippen MR) is 104 cm³/mol. The summed E-state index contributed by atoms with van der Waals surface area (Å²) in [5, 5.41) is 11.2. The van der Waals surface area contributed by atoms with Gasteiger partial charge in [0.2, 0.25) is 0 Å². The number of esters is 1. The Bertz CT molecular complexity index is 1120. The molecule has 1 aromatic heterocycles. The number of carbonyl (C=O) groups excluding carboxylic acids is 2. The average molecular weight is 399 g/mol. The summed E-state index contributed by atoms with van der Waals surface area (Å²) >= 11 is 1.28. The highest BCUT2D eigenvalue weighted by Crippen LogP contribution is 2.20. The normalized spacial score (nSPS) is 11.5. The molecule has 3 rings (SSSR count). The van der Waals surface area contributed by atoms with Gasteiger partial charge in [-0.15, -0.1) is 0 Å². The lowest BCUT2D eigenvalue weighted by atomic mass is 10.2. The molecule has 9 heteroatoms. The van der Waals surface area contributed by atoms with Gasteiger partial charge >= 0.3 is 5.97 Å². The second-order valence-electron chi connectivity index (χ2n) is 5.75. The molecule has 8 nitrogen and oxygen atoms in total. The lowest BCUT2D eigenvalue weighted by molar-refractivity contribution is -0.385. The summed E-state index contributed by atoms with van der Waals surface area (Å²) in [5.74, 6) is -1.05. The maximum absolute atomic E-state index is 12.6. The van der Waals surface area contributed by atoms with Crippen molar-refractivity contribution in [3.63, 3.8) is 0 Å². The Labute approximate surface area is 163 Å². The largest absolute Gasteiger partial charge is 0.466 e. The highest BCUT2D eigenvalue weighted by Gasteiger charge is 2.19. The molecule has 0 atom stereocenters. The van der Waals surface area contributed by atoms with Crippen molar-refractivity contribution in [2.45, 2.75) is 19.9 Å². The molecule has 0 bridgehead atoms. The van der Waals surface area contributed by atoms with Gasteiger partial charge in [0.1, 0.15) is 5.56 Å². The van der Waals surface area contributed by atoms with Gasteiger partial charge in [0, 0.05) is 12.6 Å². The molecule has 28 heavy (non-hydrogen) atoms. The Balaban J connectivity index is 2.04. The summed E-state index contributed by atoms with van der Waals surface area (Å²) in [6.07, 6.45) is 0.126. The number of fused-ring (bicyclic) bond motifs is 1. The van der Waals surface area contributed by atoms with Crippen molar-refractivity contribution in [3.05, 3.63) is 69.0 Å². The number of hydrogen-bond donors (Lipinski definition) is 0. The molecule has 144 valence electrons. The number of aromatic nitrogens is 1. The van der Waals surface area contributed by atoms with Crippen LogP contribution in [0.5, 0.6) is 0 Å². The minimum absolute atomic E-state index is 0.0816. The van der Waals surface area contributed by atoms with Crippen molar-refractivity contribution < 1.29 is 19.2 Å². The zero-order valence-corrected chi connectivity index (χ0v) is 15.8. The fourth-order valence-corrected chi connectivity index (χ4v) is 3.77. The first-order valence-corrected chi connectivity index (χ1v) is 9.39. The molecule has 0 aliphatic heterocycles. The summed E-state index contributed by atoms with van der Waals surface area (Å²) < 4.78 is 7.61. The summed E-state index contributed by atoms with van der Waals surface area (Å²) in [4.78, 5) is 39.4. The number of ether oxygens (including phenoxy) is 1. The van der Waals surface area contributed by atoms with Crippen LogP contribution in [-0.2, 0) is 16.1 Å². The zero-order chi connectivity index (χ0) is 20.1. The first-order valence-electron chi connectivity index (χ1n) is 8.57. The number of nitro benzene ring substituents is 1. The van der Waals surface area contributed by atoms with E-state index in [0.717, 1.165) is 10.2 Å². The monoisotopic (exact) mass is 399 g/mol. The molecule has 0 N–H and O–H groups in total. The van der Waals surface area contributed by atoms with E-state index in [4.69, 9.17) is 4.74 Å². The van der Waals surface area contributed by atoms with Gasteiger partial charge in [0.25, 0.3) is 11.6 Å². The van der Waals surface area contributed by atoms with Gasteiger partial charge in [0.05, 0.1) is 28.2 Å². The Morgan fingerprint density at radius 2 is 1.89 bits per heavy atom. The van der Waals surface area contributed by atoms with Crippen molar-refractivity contribution in [3.8, 4) is 0 Å². The maximum Gasteiger partial charge on any atom is 0.307 e. The lowest BCUT2D eigenvalue weighted by Gasteiger charge is -2.05. The number of amides is 1. The van der Waals surface area contributed by atoms with Gasteiger partial charge in [0.15, 0.2) is 4.80 Å². The van der Waals surface area contributed by atoms with Crippen molar-refractivity contribution in [2.75, 3.05) is 6.61 Å². The Morgan fingerprint density at radius 1 is 1.18 bits per heavy atom. The number of para-hydroxylation sites is 2. The van der Waals surface area contributed by atoms with Crippen LogP contribution < -0.4 is 4.80 Å². The highest BCUT2D eigenvalue weighted by atomic mass is 32.1. The number of benzene rings is 2. The van der Waals surface area contributed by atoms with Gasteiger partial charge in [-0.25, -0.2) is 0 Å². The number of nitrogens with zero attached hydrogens (tertiary/aromatic N) is 3. The molecule has 0 saturated heterocycles. The molecule has 0 radical (unpaired) electrons. The molecule has 1 heterocycles. The van der Waals surface area contributed by atoms with Gasteiger partial charge < -0.3 is 9.30 Å². The van der Waals surface area contributed by atoms with E-state index in [0.29, 0.717) is 11.4 Å². The quantitative estimate of drug-likeness (QED) is 0.359. The summed E-state index contributed by atoms with van der Waals surface area (Å²) in [5.41, 5.74) is 0.447. The number of carbonyl (C=O) groups is 2. The van der Waals surface area contributed by atoms with E-state index in [1.54, 1.807) is 17.6 Å². The predicted octanol–water partition coefficient (Wildman–Crippen LogP) is 3.31. The van der Waals surface area contributed by atoms with E-state index < -0.39 is 10.8 Å². The van der Waals surface area contributed by atoms with E-state index in [9.17, 15) is 19.7 Å². The first-order chi connectivity index (χ1) is 13.5. The third-order valence-electron chi connectivity index (χ3n) is 3.96. The molecular weight excluding hydrogens is 382 g/mol. The molecule has 0 spiro atoms. The summed E-state index contributed by atoms with van der Waals surface area (Å²) in [6.45, 7) is 2.31. The van der Waals surface area contributed by atoms with Crippen LogP contribution in [0.1, 0.15) is 23.7 Å². The Kier molecular flexibility index (Phi) is 5.95. The summed E-state index contributed by atoms with van der Waals surface area (Å²) in [6, 6.07) is 13.2. The van der Waals surface area contributed by atoms with Crippen molar-refractivity contribution >= 4 is 39.1 Å². The molecule has 0 saturated carbocycles. The molecule has 0 aliphatic rings. The number of aryl methyl sites for hydroxylation is 1. The van der Waals surface area contributed by atoms with Crippen LogP contribution in [-0.4, -0.2) is 28.0 Å². The molecule has 1 amide bonds. The number of nitro groups is 1. The smallest absolute Gasteiger partial charge is 0.307 e. The molecule has 0 unspecified atom stereocenters.